The van der Waals surface area contributed by atoms with Gasteiger partial charge in [0.2, 0.25) is 5.91 Å². The van der Waals surface area contributed by atoms with Crippen LogP contribution in [-0.4, -0.2) is 77.1 Å². The van der Waals surface area contributed by atoms with Gasteiger partial charge in [0, 0.05) is 37.8 Å². The minimum atomic E-state index is -1.20. The predicted octanol–water partition coefficient (Wildman–Crippen LogP) is 3.26. The summed E-state index contributed by atoms with van der Waals surface area (Å²) in [4.78, 5) is 40.0. The molecule has 0 spiro atoms. The lowest BCUT2D eigenvalue weighted by atomic mass is 9.73. The number of ketones is 1. The Bertz CT molecular complexity index is 810. The first-order valence-electron chi connectivity index (χ1n) is 11.1. The van der Waals surface area contributed by atoms with Crippen molar-refractivity contribution in [3.05, 3.63) is 29.8 Å². The summed E-state index contributed by atoms with van der Waals surface area (Å²) in [7, 11) is 0. The molecule has 1 aliphatic heterocycles. The molecular weight excluding hydrogens is 410 g/mol. The third-order valence-electron chi connectivity index (χ3n) is 6.57. The highest BCUT2D eigenvalue weighted by molar-refractivity contribution is 5.94. The summed E-state index contributed by atoms with van der Waals surface area (Å²) in [5.41, 5.74) is -1.09. The van der Waals surface area contributed by atoms with Crippen LogP contribution < -0.4 is 10.1 Å². The van der Waals surface area contributed by atoms with E-state index in [0.29, 0.717) is 25.3 Å². The normalized spacial score (nSPS) is 17.9. The maximum Gasteiger partial charge on any atom is 0.405 e. The molecule has 2 atom stereocenters. The summed E-state index contributed by atoms with van der Waals surface area (Å²) in [6, 6.07) is 7.44. The first-order chi connectivity index (χ1) is 14.8. The first-order valence-corrected chi connectivity index (χ1v) is 11.1. The Balaban J connectivity index is 1.85. The van der Waals surface area contributed by atoms with Crippen LogP contribution in [0, 0.1) is 5.41 Å². The molecule has 1 aromatic rings. The van der Waals surface area contributed by atoms with Crippen molar-refractivity contribution in [3.8, 4) is 5.75 Å². The molecule has 2 amide bonds. The van der Waals surface area contributed by atoms with Gasteiger partial charge in [-0.15, -0.1) is 0 Å². The second kappa shape index (κ2) is 10.3. The second-order valence-corrected chi connectivity index (χ2v) is 9.70. The molecule has 0 aromatic heterocycles. The molecule has 8 heteroatoms. The molecule has 0 bridgehead atoms. The van der Waals surface area contributed by atoms with Gasteiger partial charge in [-0.2, -0.15) is 0 Å². The van der Waals surface area contributed by atoms with Crippen molar-refractivity contribution >= 4 is 17.8 Å². The summed E-state index contributed by atoms with van der Waals surface area (Å²) in [5, 5.41) is 11.7. The van der Waals surface area contributed by atoms with E-state index < -0.39 is 17.0 Å². The molecule has 2 rings (SSSR count). The standard InChI is InChI=1S/C24H37N3O5/c1-17(11-16-32-20-9-7-19(8-10-20)18(2)28)26-12-14-27(15-13-26)21(29)24(6,23(3,4)5)25-22(30)31/h7-10,17,25H,11-16H2,1-6H3,(H,30,31)/t17-,24+/m1/s1. The van der Waals surface area contributed by atoms with Gasteiger partial charge in [-0.25, -0.2) is 4.79 Å². The Labute approximate surface area is 190 Å². The first kappa shape index (κ1) is 25.6. The molecule has 1 aromatic carbocycles. The quantitative estimate of drug-likeness (QED) is 0.594. The number of Topliss-reactive ketones (excluding diaryl/α,β-unsaturated/α-hetero) is 1. The van der Waals surface area contributed by atoms with Crippen LogP contribution in [0.3, 0.4) is 0 Å². The molecule has 0 aliphatic carbocycles. The van der Waals surface area contributed by atoms with Crippen molar-refractivity contribution in [2.45, 2.75) is 59.5 Å². The maximum atomic E-state index is 13.2. The van der Waals surface area contributed by atoms with E-state index in [1.807, 2.05) is 32.9 Å². The lowest BCUT2D eigenvalue weighted by molar-refractivity contribution is -0.144. The van der Waals surface area contributed by atoms with Gasteiger partial charge in [-0.3, -0.25) is 14.5 Å². The van der Waals surface area contributed by atoms with E-state index in [1.54, 1.807) is 24.0 Å². The van der Waals surface area contributed by atoms with E-state index in [9.17, 15) is 19.5 Å². The number of amides is 2. The molecule has 1 fully saturated rings. The smallest absolute Gasteiger partial charge is 0.405 e. The van der Waals surface area contributed by atoms with Gasteiger partial charge in [-0.1, -0.05) is 20.8 Å². The van der Waals surface area contributed by atoms with Crippen LogP contribution >= 0.6 is 0 Å². The fourth-order valence-electron chi connectivity index (χ4n) is 3.77. The number of carboxylic acid groups (broad SMARTS) is 1. The minimum absolute atomic E-state index is 0.0318. The Morgan fingerprint density at radius 1 is 1.06 bits per heavy atom. The molecule has 0 unspecified atom stereocenters. The van der Waals surface area contributed by atoms with Crippen molar-refractivity contribution in [3.63, 3.8) is 0 Å². The van der Waals surface area contributed by atoms with E-state index >= 15 is 0 Å². The third-order valence-corrected chi connectivity index (χ3v) is 6.57. The maximum absolute atomic E-state index is 13.2. The number of carbonyl (C=O) groups excluding carboxylic acids is 2. The van der Waals surface area contributed by atoms with Crippen LogP contribution in [0.2, 0.25) is 0 Å². The van der Waals surface area contributed by atoms with Gasteiger partial charge < -0.3 is 20.1 Å². The Morgan fingerprint density at radius 2 is 1.62 bits per heavy atom. The highest BCUT2D eigenvalue weighted by Crippen LogP contribution is 2.32. The fraction of sp³-hybridized carbons (Fsp3) is 0.625. The number of piperazine rings is 1. The molecule has 32 heavy (non-hydrogen) atoms. The number of rotatable bonds is 8. The van der Waals surface area contributed by atoms with Crippen LogP contribution in [0.15, 0.2) is 24.3 Å². The van der Waals surface area contributed by atoms with Crippen LogP contribution in [0.4, 0.5) is 4.79 Å². The number of carbonyl (C=O) groups is 3. The van der Waals surface area contributed by atoms with Crippen LogP contribution in [0.1, 0.15) is 58.3 Å². The highest BCUT2D eigenvalue weighted by Gasteiger charge is 2.48. The summed E-state index contributed by atoms with van der Waals surface area (Å²) >= 11 is 0. The lowest BCUT2D eigenvalue weighted by Gasteiger charge is -2.46. The Kier molecular flexibility index (Phi) is 8.29. The van der Waals surface area contributed by atoms with Crippen molar-refractivity contribution in [2.24, 2.45) is 5.41 Å². The van der Waals surface area contributed by atoms with Crippen molar-refractivity contribution in [1.29, 1.82) is 0 Å². The largest absolute Gasteiger partial charge is 0.494 e. The van der Waals surface area contributed by atoms with E-state index in [1.165, 1.54) is 6.92 Å². The van der Waals surface area contributed by atoms with Gasteiger partial charge in [0.05, 0.1) is 6.61 Å². The lowest BCUT2D eigenvalue weighted by Crippen LogP contribution is -2.66. The highest BCUT2D eigenvalue weighted by atomic mass is 16.5. The molecule has 1 heterocycles. The number of benzene rings is 1. The van der Waals surface area contributed by atoms with E-state index in [2.05, 4.69) is 17.1 Å². The third kappa shape index (κ3) is 6.22. The second-order valence-electron chi connectivity index (χ2n) is 9.70. The molecule has 0 saturated carbocycles. The van der Waals surface area contributed by atoms with Crippen molar-refractivity contribution < 1.29 is 24.2 Å². The van der Waals surface area contributed by atoms with Gasteiger partial charge in [0.1, 0.15) is 11.3 Å². The zero-order chi connectivity index (χ0) is 24.1. The van der Waals surface area contributed by atoms with Gasteiger partial charge >= 0.3 is 6.09 Å². The van der Waals surface area contributed by atoms with Gasteiger partial charge in [0.25, 0.3) is 0 Å². The molecular formula is C24H37N3O5. The van der Waals surface area contributed by atoms with Crippen molar-refractivity contribution in [2.75, 3.05) is 32.8 Å². The number of hydrogen-bond donors (Lipinski definition) is 2. The van der Waals surface area contributed by atoms with E-state index in [0.717, 1.165) is 25.3 Å². The predicted molar refractivity (Wildman–Crippen MR) is 123 cm³/mol. The van der Waals surface area contributed by atoms with E-state index in [4.69, 9.17) is 4.74 Å². The average Bonchev–Trinajstić information content (AvgIpc) is 2.72. The van der Waals surface area contributed by atoms with E-state index in [-0.39, 0.29) is 17.7 Å². The zero-order valence-corrected chi connectivity index (χ0v) is 20.1. The number of ether oxygens (including phenoxy) is 1. The number of hydrogen-bond acceptors (Lipinski definition) is 5. The van der Waals surface area contributed by atoms with Gasteiger partial charge in [-0.05, 0) is 56.9 Å². The Hall–Kier alpha value is -2.61. The summed E-state index contributed by atoms with van der Waals surface area (Å²) in [6.07, 6.45) is -0.359. The summed E-state index contributed by atoms with van der Waals surface area (Å²) in [6.45, 7) is 14.1. The molecule has 0 radical (unpaired) electrons. The molecule has 1 aliphatic rings. The molecule has 178 valence electrons. The molecule has 1 saturated heterocycles. The fourth-order valence-corrected chi connectivity index (χ4v) is 3.77. The topological polar surface area (TPSA) is 99.2 Å². The molecule has 2 N–H and O–H groups in total. The Morgan fingerprint density at radius 3 is 2.09 bits per heavy atom. The monoisotopic (exact) mass is 447 g/mol. The van der Waals surface area contributed by atoms with Crippen molar-refractivity contribution in [1.82, 2.24) is 15.1 Å². The summed E-state index contributed by atoms with van der Waals surface area (Å²) in [5.74, 6) is 0.589. The van der Waals surface area contributed by atoms with Crippen LogP contribution in [-0.2, 0) is 4.79 Å². The van der Waals surface area contributed by atoms with Crippen LogP contribution in [0.25, 0.3) is 0 Å². The molecule has 8 nitrogen and oxygen atoms in total. The zero-order valence-electron chi connectivity index (χ0n) is 20.1. The van der Waals surface area contributed by atoms with Gasteiger partial charge in [0.15, 0.2) is 5.78 Å². The minimum Gasteiger partial charge on any atom is -0.494 e. The summed E-state index contributed by atoms with van der Waals surface area (Å²) < 4.78 is 5.81. The number of nitrogens with zero attached hydrogens (tertiary/aromatic N) is 2. The number of nitrogens with one attached hydrogen (secondary N) is 1. The SMILES string of the molecule is CC(=O)c1ccc(OCC[C@@H](C)N2CCN(C(=O)[C@](C)(NC(=O)O)C(C)(C)C)CC2)cc1. The average molecular weight is 448 g/mol. The van der Waals surface area contributed by atoms with Crippen LogP contribution in [0.5, 0.6) is 5.75 Å².